The van der Waals surface area contributed by atoms with Crippen LogP contribution >= 0.6 is 11.3 Å². The lowest BCUT2D eigenvalue weighted by atomic mass is 10.3. The largest absolute Gasteiger partial charge is 0.492 e. The molecule has 3 rings (SSSR count). The van der Waals surface area contributed by atoms with E-state index in [-0.39, 0.29) is 18.2 Å². The molecule has 0 fully saturated rings. The maximum Gasteiger partial charge on any atom is 0.229 e. The van der Waals surface area contributed by atoms with Crippen LogP contribution in [-0.4, -0.2) is 25.6 Å². The highest BCUT2D eigenvalue weighted by atomic mass is 32.1. The number of rotatable bonds is 3. The summed E-state index contributed by atoms with van der Waals surface area (Å²) in [5, 5.41) is 16.5. The highest BCUT2D eigenvalue weighted by molar-refractivity contribution is 7.17. The molecule has 7 heteroatoms. The fourth-order valence-corrected chi connectivity index (χ4v) is 2.63. The number of thiazole rings is 1. The molecule has 0 atom stereocenters. The fraction of sp³-hybridized carbons (Fsp3) is 0.0833. The van der Waals surface area contributed by atoms with E-state index in [1.807, 2.05) is 18.2 Å². The van der Waals surface area contributed by atoms with Gasteiger partial charge in [0.25, 0.3) is 0 Å². The Labute approximate surface area is 112 Å². The van der Waals surface area contributed by atoms with Crippen LogP contribution in [0.3, 0.4) is 0 Å². The molecule has 1 aromatic carbocycles. The van der Waals surface area contributed by atoms with Crippen molar-refractivity contribution in [3.05, 3.63) is 41.5 Å². The van der Waals surface area contributed by atoms with Crippen molar-refractivity contribution < 1.29 is 9.90 Å². The number of benzene rings is 1. The molecule has 0 aliphatic rings. The van der Waals surface area contributed by atoms with E-state index in [4.69, 9.17) is 0 Å². The van der Waals surface area contributed by atoms with Gasteiger partial charge in [-0.05, 0) is 12.1 Å². The molecule has 96 valence electrons. The number of aromatic hydroxyl groups is 1. The van der Waals surface area contributed by atoms with Gasteiger partial charge in [0.2, 0.25) is 16.7 Å². The number of hydrogen-bond acceptors (Lipinski definition) is 5. The third-order valence-electron chi connectivity index (χ3n) is 2.56. The lowest BCUT2D eigenvalue weighted by Crippen LogP contribution is -2.13. The second kappa shape index (κ2) is 4.69. The van der Waals surface area contributed by atoms with E-state index in [9.17, 15) is 9.90 Å². The summed E-state index contributed by atoms with van der Waals surface area (Å²) in [6.07, 6.45) is 1.45. The van der Waals surface area contributed by atoms with Crippen molar-refractivity contribution in [3.8, 4) is 5.88 Å². The number of nitrogens with zero attached hydrogens (tertiary/aromatic N) is 3. The van der Waals surface area contributed by atoms with Gasteiger partial charge in [-0.25, -0.2) is 4.98 Å². The number of amides is 1. The Kier molecular flexibility index (Phi) is 2.88. The second-order valence-corrected chi connectivity index (χ2v) is 4.96. The third-order valence-corrected chi connectivity index (χ3v) is 3.59. The molecule has 0 saturated heterocycles. The van der Waals surface area contributed by atoms with Crippen LogP contribution in [0.15, 0.2) is 36.7 Å². The first-order chi connectivity index (χ1) is 9.24. The molecule has 0 bridgehead atoms. The number of para-hydroxylation sites is 1. The zero-order valence-electron chi connectivity index (χ0n) is 9.78. The molecule has 0 aliphatic heterocycles. The van der Waals surface area contributed by atoms with E-state index < -0.39 is 0 Å². The van der Waals surface area contributed by atoms with Crippen LogP contribution in [0.2, 0.25) is 0 Å². The molecular weight excluding hydrogens is 264 g/mol. The molecule has 0 spiro atoms. The number of carbonyl (C=O) groups is 1. The van der Waals surface area contributed by atoms with Crippen molar-refractivity contribution in [2.24, 2.45) is 0 Å². The van der Waals surface area contributed by atoms with Gasteiger partial charge in [0.1, 0.15) is 6.33 Å². The van der Waals surface area contributed by atoms with Crippen LogP contribution in [0, 0.1) is 0 Å². The zero-order chi connectivity index (χ0) is 13.2. The third kappa shape index (κ3) is 2.27. The molecule has 0 radical (unpaired) electrons. The highest BCUT2D eigenvalue weighted by Gasteiger charge is 2.15. The molecule has 1 amide bonds. The molecular formula is C12H10N4O2S. The summed E-state index contributed by atoms with van der Waals surface area (Å²) < 4.78 is 1.32. The van der Waals surface area contributed by atoms with Gasteiger partial charge in [-0.15, -0.1) is 0 Å². The Morgan fingerprint density at radius 2 is 2.16 bits per heavy atom. The molecule has 19 heavy (non-hydrogen) atoms. The van der Waals surface area contributed by atoms with Crippen LogP contribution < -0.4 is 5.32 Å². The van der Waals surface area contributed by atoms with Crippen LogP contribution in [0.1, 0.15) is 4.88 Å². The van der Waals surface area contributed by atoms with Crippen molar-refractivity contribution in [2.75, 3.05) is 5.32 Å². The molecule has 2 N–H and O–H groups in total. The zero-order valence-corrected chi connectivity index (χ0v) is 10.6. The van der Waals surface area contributed by atoms with Crippen molar-refractivity contribution in [1.29, 1.82) is 0 Å². The minimum Gasteiger partial charge on any atom is -0.492 e. The first-order valence-corrected chi connectivity index (χ1v) is 6.41. The first kappa shape index (κ1) is 11.7. The molecule has 2 aromatic heterocycles. The van der Waals surface area contributed by atoms with Crippen molar-refractivity contribution in [1.82, 2.24) is 14.6 Å². The summed E-state index contributed by atoms with van der Waals surface area (Å²) in [7, 11) is 0. The summed E-state index contributed by atoms with van der Waals surface area (Å²) in [5.41, 5.74) is 0.728. The van der Waals surface area contributed by atoms with Crippen LogP contribution in [-0.2, 0) is 11.2 Å². The molecule has 0 saturated carbocycles. The number of anilines is 1. The fourth-order valence-electron chi connectivity index (χ4n) is 1.71. The number of nitrogens with one attached hydrogen (secondary N) is 1. The standard InChI is InChI=1S/C12H10N4O2S/c17-10(15-8-4-2-1-3-5-8)6-9-11(18)16-12(19-9)13-7-14-16/h1-5,7,18H,6H2,(H,15,17). The monoisotopic (exact) mass is 274 g/mol. The van der Waals surface area contributed by atoms with Gasteiger partial charge < -0.3 is 10.4 Å². The molecule has 3 aromatic rings. The minimum atomic E-state index is -0.189. The minimum absolute atomic E-state index is 0.0271. The number of carbonyl (C=O) groups excluding carboxylic acids is 1. The normalized spacial score (nSPS) is 10.7. The second-order valence-electron chi connectivity index (χ2n) is 3.89. The average molecular weight is 274 g/mol. The predicted octanol–water partition coefficient (Wildman–Crippen LogP) is 1.68. The van der Waals surface area contributed by atoms with Gasteiger partial charge in [-0.1, -0.05) is 29.5 Å². The Morgan fingerprint density at radius 3 is 2.89 bits per heavy atom. The number of fused-ring (bicyclic) bond motifs is 1. The van der Waals surface area contributed by atoms with Crippen LogP contribution in [0.5, 0.6) is 5.88 Å². The van der Waals surface area contributed by atoms with Gasteiger partial charge >= 0.3 is 0 Å². The van der Waals surface area contributed by atoms with Gasteiger partial charge in [0, 0.05) is 5.69 Å². The van der Waals surface area contributed by atoms with Gasteiger partial charge in [0.15, 0.2) is 0 Å². The average Bonchev–Trinajstić information content (AvgIpc) is 2.96. The van der Waals surface area contributed by atoms with Gasteiger partial charge in [-0.2, -0.15) is 9.61 Å². The van der Waals surface area contributed by atoms with Crippen molar-refractivity contribution >= 4 is 27.9 Å². The molecule has 6 nitrogen and oxygen atoms in total. The summed E-state index contributed by atoms with van der Waals surface area (Å²) in [4.78, 5) is 17.0. The summed E-state index contributed by atoms with van der Waals surface area (Å²) >= 11 is 1.25. The maximum absolute atomic E-state index is 11.9. The predicted molar refractivity (Wildman–Crippen MR) is 71.3 cm³/mol. The van der Waals surface area contributed by atoms with E-state index in [2.05, 4.69) is 15.4 Å². The lowest BCUT2D eigenvalue weighted by Gasteiger charge is -2.03. The summed E-state index contributed by atoms with van der Waals surface area (Å²) in [5.74, 6) is -0.216. The molecule has 2 heterocycles. The van der Waals surface area contributed by atoms with E-state index in [1.54, 1.807) is 12.1 Å². The van der Waals surface area contributed by atoms with Crippen molar-refractivity contribution in [3.63, 3.8) is 0 Å². The van der Waals surface area contributed by atoms with E-state index in [0.717, 1.165) is 5.69 Å². The Bertz CT molecular complexity index is 720. The van der Waals surface area contributed by atoms with E-state index in [0.29, 0.717) is 9.84 Å². The van der Waals surface area contributed by atoms with Crippen molar-refractivity contribution in [2.45, 2.75) is 6.42 Å². The van der Waals surface area contributed by atoms with Gasteiger partial charge in [-0.3, -0.25) is 4.79 Å². The Balaban J connectivity index is 1.76. The molecule has 0 aliphatic carbocycles. The number of aromatic nitrogens is 3. The Hall–Kier alpha value is -2.41. The first-order valence-electron chi connectivity index (χ1n) is 5.59. The SMILES string of the molecule is O=C(Cc1sc2ncnn2c1O)Nc1ccccc1. The summed E-state index contributed by atoms with van der Waals surface area (Å²) in [6, 6.07) is 9.18. The Morgan fingerprint density at radius 1 is 1.37 bits per heavy atom. The van der Waals surface area contributed by atoms with E-state index >= 15 is 0 Å². The quantitative estimate of drug-likeness (QED) is 0.761. The highest BCUT2D eigenvalue weighted by Crippen LogP contribution is 2.27. The topological polar surface area (TPSA) is 79.5 Å². The smallest absolute Gasteiger partial charge is 0.229 e. The molecule has 0 unspecified atom stereocenters. The van der Waals surface area contributed by atoms with Crippen LogP contribution in [0.25, 0.3) is 4.96 Å². The maximum atomic E-state index is 11.9. The van der Waals surface area contributed by atoms with Gasteiger partial charge in [0.05, 0.1) is 11.3 Å². The van der Waals surface area contributed by atoms with Crippen LogP contribution in [0.4, 0.5) is 5.69 Å². The van der Waals surface area contributed by atoms with E-state index in [1.165, 1.54) is 22.2 Å². The lowest BCUT2D eigenvalue weighted by molar-refractivity contribution is -0.115. The number of hydrogen-bond donors (Lipinski definition) is 2. The summed E-state index contributed by atoms with van der Waals surface area (Å²) in [6.45, 7) is 0.